The summed E-state index contributed by atoms with van der Waals surface area (Å²) in [7, 11) is 6.64. The fraction of sp³-hybridized carbons (Fsp3) is 1.00. The Morgan fingerprint density at radius 3 is 2.28 bits per heavy atom. The van der Waals surface area contributed by atoms with E-state index in [1.54, 1.807) is 0 Å². The molecule has 0 aromatic rings. The molecule has 0 aromatic heterocycles. The Morgan fingerprint density at radius 2 is 1.89 bits per heavy atom. The van der Waals surface area contributed by atoms with Gasteiger partial charge in [-0.05, 0) is 40.4 Å². The standard InChI is InChI=1S/C14H29N3O/c1-13(11-18-8-12(13)15)9-17(4)10-14(16(2)3)6-5-7-14/h12H,5-11,15H2,1-4H3. The molecule has 0 aromatic carbocycles. The zero-order valence-corrected chi connectivity index (χ0v) is 12.4. The second-order valence-electron chi connectivity index (χ2n) is 6.92. The zero-order chi connectivity index (χ0) is 13.4. The lowest BCUT2D eigenvalue weighted by Gasteiger charge is -2.50. The topological polar surface area (TPSA) is 41.7 Å². The average molecular weight is 255 g/mol. The van der Waals surface area contributed by atoms with Crippen LogP contribution in [0.3, 0.4) is 0 Å². The molecule has 0 amide bonds. The highest BCUT2D eigenvalue weighted by Gasteiger charge is 2.43. The molecule has 2 N–H and O–H groups in total. The van der Waals surface area contributed by atoms with Crippen molar-refractivity contribution in [2.75, 3.05) is 47.4 Å². The number of ether oxygens (including phenoxy) is 1. The van der Waals surface area contributed by atoms with Crippen LogP contribution in [0.4, 0.5) is 0 Å². The van der Waals surface area contributed by atoms with Crippen molar-refractivity contribution in [3.8, 4) is 0 Å². The number of nitrogens with two attached hydrogens (primary N) is 1. The second-order valence-corrected chi connectivity index (χ2v) is 6.92. The van der Waals surface area contributed by atoms with Gasteiger partial charge in [-0.2, -0.15) is 0 Å². The second kappa shape index (κ2) is 5.08. The predicted molar refractivity (Wildman–Crippen MR) is 74.7 cm³/mol. The lowest BCUT2D eigenvalue weighted by atomic mass is 9.75. The van der Waals surface area contributed by atoms with E-state index in [2.05, 4.69) is 37.9 Å². The van der Waals surface area contributed by atoms with Crippen LogP contribution in [0.15, 0.2) is 0 Å². The van der Waals surface area contributed by atoms with Gasteiger partial charge in [-0.3, -0.25) is 0 Å². The molecule has 1 heterocycles. The minimum atomic E-state index is 0.117. The summed E-state index contributed by atoms with van der Waals surface area (Å²) in [5.41, 5.74) is 6.68. The Kier molecular flexibility index (Phi) is 4.02. The summed E-state index contributed by atoms with van der Waals surface area (Å²) in [6, 6.07) is 0.177. The molecule has 4 heteroatoms. The molecule has 1 aliphatic carbocycles. The van der Waals surface area contributed by atoms with Crippen molar-refractivity contribution >= 4 is 0 Å². The molecular formula is C14H29N3O. The van der Waals surface area contributed by atoms with Gasteiger partial charge in [0.2, 0.25) is 0 Å². The maximum absolute atomic E-state index is 6.17. The Morgan fingerprint density at radius 1 is 1.22 bits per heavy atom. The molecule has 2 aliphatic rings. The molecule has 2 rings (SSSR count). The van der Waals surface area contributed by atoms with Crippen molar-refractivity contribution in [3.63, 3.8) is 0 Å². The summed E-state index contributed by atoms with van der Waals surface area (Å²) in [5.74, 6) is 0. The first-order valence-corrected chi connectivity index (χ1v) is 7.07. The van der Waals surface area contributed by atoms with Crippen molar-refractivity contribution in [1.29, 1.82) is 0 Å². The highest BCUT2D eigenvalue weighted by Crippen LogP contribution is 2.37. The maximum Gasteiger partial charge on any atom is 0.0624 e. The van der Waals surface area contributed by atoms with Gasteiger partial charge in [0.25, 0.3) is 0 Å². The minimum Gasteiger partial charge on any atom is -0.379 e. The van der Waals surface area contributed by atoms with Gasteiger partial charge in [-0.25, -0.2) is 0 Å². The van der Waals surface area contributed by atoms with Crippen LogP contribution in [-0.2, 0) is 4.74 Å². The van der Waals surface area contributed by atoms with E-state index >= 15 is 0 Å². The van der Waals surface area contributed by atoms with E-state index in [-0.39, 0.29) is 11.5 Å². The number of hydrogen-bond donors (Lipinski definition) is 1. The van der Waals surface area contributed by atoms with Gasteiger partial charge in [0, 0.05) is 30.1 Å². The van der Waals surface area contributed by atoms with E-state index in [1.165, 1.54) is 19.3 Å². The SMILES string of the molecule is CN(CC1(C)COCC1N)CC1(N(C)C)CCC1. The third-order valence-electron chi connectivity index (χ3n) is 5.05. The zero-order valence-electron chi connectivity index (χ0n) is 12.4. The highest BCUT2D eigenvalue weighted by molar-refractivity contribution is 4.99. The summed E-state index contributed by atoms with van der Waals surface area (Å²) >= 11 is 0. The van der Waals surface area contributed by atoms with Crippen LogP contribution in [0.5, 0.6) is 0 Å². The van der Waals surface area contributed by atoms with Crippen molar-refractivity contribution < 1.29 is 4.74 Å². The molecule has 4 nitrogen and oxygen atoms in total. The summed E-state index contributed by atoms with van der Waals surface area (Å²) in [5, 5.41) is 0. The van der Waals surface area contributed by atoms with E-state index in [0.29, 0.717) is 12.1 Å². The van der Waals surface area contributed by atoms with Gasteiger partial charge in [0.05, 0.1) is 13.2 Å². The van der Waals surface area contributed by atoms with E-state index in [9.17, 15) is 0 Å². The van der Waals surface area contributed by atoms with Gasteiger partial charge >= 0.3 is 0 Å². The molecule has 2 atom stereocenters. The average Bonchev–Trinajstić information content (AvgIpc) is 2.52. The number of hydrogen-bond acceptors (Lipinski definition) is 4. The number of rotatable bonds is 5. The first-order valence-electron chi connectivity index (χ1n) is 7.07. The lowest BCUT2D eigenvalue weighted by Crippen LogP contribution is -2.58. The van der Waals surface area contributed by atoms with E-state index < -0.39 is 0 Å². The monoisotopic (exact) mass is 255 g/mol. The summed E-state index contributed by atoms with van der Waals surface area (Å²) in [4.78, 5) is 4.86. The highest BCUT2D eigenvalue weighted by atomic mass is 16.5. The molecule has 18 heavy (non-hydrogen) atoms. The van der Waals surface area contributed by atoms with Crippen molar-refractivity contribution in [2.45, 2.75) is 37.8 Å². The van der Waals surface area contributed by atoms with Crippen LogP contribution in [0, 0.1) is 5.41 Å². The Bertz CT molecular complexity index is 287. The van der Waals surface area contributed by atoms with Crippen LogP contribution in [0.1, 0.15) is 26.2 Å². The van der Waals surface area contributed by atoms with Gasteiger partial charge < -0.3 is 20.3 Å². The van der Waals surface area contributed by atoms with Crippen molar-refractivity contribution in [1.82, 2.24) is 9.80 Å². The van der Waals surface area contributed by atoms with Gasteiger partial charge in [0.15, 0.2) is 0 Å². The summed E-state index contributed by atoms with van der Waals surface area (Å²) in [6.07, 6.45) is 4.01. The quantitative estimate of drug-likeness (QED) is 0.788. The largest absolute Gasteiger partial charge is 0.379 e. The molecule has 2 fully saturated rings. The molecular weight excluding hydrogens is 226 g/mol. The number of nitrogens with zero attached hydrogens (tertiary/aromatic N) is 2. The Labute approximate surface area is 111 Å². The van der Waals surface area contributed by atoms with E-state index in [1.807, 2.05) is 0 Å². The molecule has 0 radical (unpaired) electrons. The molecule has 1 aliphatic heterocycles. The van der Waals surface area contributed by atoms with Crippen LogP contribution in [0.2, 0.25) is 0 Å². The van der Waals surface area contributed by atoms with Gasteiger partial charge in [-0.15, -0.1) is 0 Å². The lowest BCUT2D eigenvalue weighted by molar-refractivity contribution is 0.0150. The van der Waals surface area contributed by atoms with Crippen molar-refractivity contribution in [2.24, 2.45) is 11.1 Å². The minimum absolute atomic E-state index is 0.117. The van der Waals surface area contributed by atoms with Gasteiger partial charge in [-0.1, -0.05) is 6.92 Å². The van der Waals surface area contributed by atoms with Crippen LogP contribution >= 0.6 is 0 Å². The maximum atomic E-state index is 6.17. The summed E-state index contributed by atoms with van der Waals surface area (Å²) in [6.45, 7) is 5.94. The Balaban J connectivity index is 1.90. The summed E-state index contributed by atoms with van der Waals surface area (Å²) < 4.78 is 5.53. The fourth-order valence-corrected chi connectivity index (χ4v) is 3.40. The molecule has 0 bridgehead atoms. The van der Waals surface area contributed by atoms with E-state index in [0.717, 1.165) is 19.7 Å². The van der Waals surface area contributed by atoms with Gasteiger partial charge in [0.1, 0.15) is 0 Å². The van der Waals surface area contributed by atoms with Crippen LogP contribution in [0.25, 0.3) is 0 Å². The molecule has 0 spiro atoms. The third kappa shape index (κ3) is 2.57. The molecule has 1 saturated heterocycles. The normalized spacial score (nSPS) is 35.2. The first kappa shape index (κ1) is 14.3. The van der Waals surface area contributed by atoms with Crippen LogP contribution in [-0.4, -0.2) is 68.8 Å². The number of likely N-dealkylation sites (N-methyl/N-ethyl adjacent to an activating group) is 2. The predicted octanol–water partition coefficient (Wildman–Crippen LogP) is 0.766. The Hall–Kier alpha value is -0.160. The van der Waals surface area contributed by atoms with Crippen molar-refractivity contribution in [3.05, 3.63) is 0 Å². The molecule has 106 valence electrons. The molecule has 1 saturated carbocycles. The fourth-order valence-electron chi connectivity index (χ4n) is 3.40. The third-order valence-corrected chi connectivity index (χ3v) is 5.05. The van der Waals surface area contributed by atoms with E-state index in [4.69, 9.17) is 10.5 Å². The smallest absolute Gasteiger partial charge is 0.0624 e. The molecule has 2 unspecified atom stereocenters. The van der Waals surface area contributed by atoms with Crippen LogP contribution < -0.4 is 5.73 Å². The first-order chi connectivity index (χ1) is 8.38.